The Morgan fingerprint density at radius 1 is 1.00 bits per heavy atom. The molecule has 0 aliphatic rings. The van der Waals surface area contributed by atoms with Crippen LogP contribution in [0.2, 0.25) is 0 Å². The summed E-state index contributed by atoms with van der Waals surface area (Å²) < 4.78 is 32.5. The third-order valence-electron chi connectivity index (χ3n) is 3.87. The molecule has 0 saturated heterocycles. The molecule has 0 aliphatic carbocycles. The number of rotatable bonds is 4. The molecule has 0 bridgehead atoms. The van der Waals surface area contributed by atoms with Gasteiger partial charge in [0.1, 0.15) is 0 Å². The average Bonchev–Trinajstić information content (AvgIpc) is 2.70. The van der Waals surface area contributed by atoms with Crippen LogP contribution in [0.25, 0.3) is 10.8 Å². The minimum Gasteiger partial charge on any atom is -0.466 e. The van der Waals surface area contributed by atoms with Crippen LogP contribution in [0, 0.1) is 11.8 Å². The molecule has 3 aromatic carbocycles. The van der Waals surface area contributed by atoms with Gasteiger partial charge in [-0.15, -0.1) is 0 Å². The number of sulfonamides is 1. The summed E-state index contributed by atoms with van der Waals surface area (Å²) in [5.41, 5.74) is 1.00. The SMILES string of the molecule is COC(=O)/C=C/C#Cc1cccc(NS(=O)(=O)c2ccc3ccccc3c2)c1. The first-order valence-electron chi connectivity index (χ1n) is 8.36. The van der Waals surface area contributed by atoms with Gasteiger partial charge < -0.3 is 4.74 Å². The number of carbonyl (C=O) groups excluding carboxylic acids is 1. The Labute approximate surface area is 163 Å². The predicted octanol–water partition coefficient (Wildman–Crippen LogP) is 3.72. The number of anilines is 1. The summed E-state index contributed by atoms with van der Waals surface area (Å²) in [6, 6.07) is 19.3. The fourth-order valence-corrected chi connectivity index (χ4v) is 3.60. The highest BCUT2D eigenvalue weighted by Crippen LogP contribution is 2.21. The van der Waals surface area contributed by atoms with Gasteiger partial charge in [0.2, 0.25) is 0 Å². The first kappa shape index (κ1) is 19.2. The van der Waals surface area contributed by atoms with Gasteiger partial charge in [-0.2, -0.15) is 0 Å². The van der Waals surface area contributed by atoms with Gasteiger partial charge in [-0.05, 0) is 47.2 Å². The Balaban J connectivity index is 1.81. The molecular formula is C22H17NO4S. The van der Waals surface area contributed by atoms with Crippen LogP contribution in [0.5, 0.6) is 0 Å². The third kappa shape index (κ3) is 4.78. The number of nitrogens with one attached hydrogen (secondary N) is 1. The van der Waals surface area contributed by atoms with E-state index in [0.29, 0.717) is 11.3 Å². The van der Waals surface area contributed by atoms with E-state index in [4.69, 9.17) is 0 Å². The summed E-state index contributed by atoms with van der Waals surface area (Å²) >= 11 is 0. The highest BCUT2D eigenvalue weighted by atomic mass is 32.2. The molecule has 0 heterocycles. The largest absolute Gasteiger partial charge is 0.466 e. The van der Waals surface area contributed by atoms with Crippen molar-refractivity contribution in [3.8, 4) is 11.8 Å². The van der Waals surface area contributed by atoms with Crippen LogP contribution in [-0.4, -0.2) is 21.5 Å². The average molecular weight is 391 g/mol. The maximum absolute atomic E-state index is 12.7. The van der Waals surface area contributed by atoms with Crippen LogP contribution in [0.15, 0.2) is 83.8 Å². The van der Waals surface area contributed by atoms with E-state index in [1.807, 2.05) is 24.3 Å². The Morgan fingerprint density at radius 2 is 1.79 bits per heavy atom. The quantitative estimate of drug-likeness (QED) is 0.418. The third-order valence-corrected chi connectivity index (χ3v) is 5.25. The van der Waals surface area contributed by atoms with E-state index in [1.54, 1.807) is 42.5 Å². The Hall–Kier alpha value is -3.56. The van der Waals surface area contributed by atoms with E-state index in [9.17, 15) is 13.2 Å². The maximum atomic E-state index is 12.7. The van der Waals surface area contributed by atoms with Gasteiger partial charge in [0, 0.05) is 11.6 Å². The van der Waals surface area contributed by atoms with Gasteiger partial charge in [0.25, 0.3) is 10.0 Å². The van der Waals surface area contributed by atoms with E-state index >= 15 is 0 Å². The molecule has 0 amide bonds. The topological polar surface area (TPSA) is 72.5 Å². The number of carbonyl (C=O) groups is 1. The zero-order valence-electron chi connectivity index (χ0n) is 15.0. The van der Waals surface area contributed by atoms with Crippen LogP contribution in [0.3, 0.4) is 0 Å². The second-order valence-electron chi connectivity index (χ2n) is 5.82. The summed E-state index contributed by atoms with van der Waals surface area (Å²) in [4.78, 5) is 11.2. The van der Waals surface area contributed by atoms with E-state index < -0.39 is 16.0 Å². The lowest BCUT2D eigenvalue weighted by Crippen LogP contribution is -2.12. The molecule has 0 radical (unpaired) electrons. The van der Waals surface area contributed by atoms with E-state index in [2.05, 4.69) is 21.3 Å². The molecule has 5 nitrogen and oxygen atoms in total. The molecule has 0 aliphatic heterocycles. The molecule has 1 N–H and O–H groups in total. The van der Waals surface area contributed by atoms with Crippen LogP contribution >= 0.6 is 0 Å². The van der Waals surface area contributed by atoms with Crippen molar-refractivity contribution in [2.45, 2.75) is 4.90 Å². The minimum atomic E-state index is -3.73. The van der Waals surface area contributed by atoms with Crippen LogP contribution in [0.1, 0.15) is 5.56 Å². The molecular weight excluding hydrogens is 374 g/mol. The number of methoxy groups -OCH3 is 1. The summed E-state index contributed by atoms with van der Waals surface area (Å²) in [5, 5.41) is 1.82. The second-order valence-corrected chi connectivity index (χ2v) is 7.50. The zero-order chi connectivity index (χ0) is 20.0. The molecule has 3 rings (SSSR count). The predicted molar refractivity (Wildman–Crippen MR) is 109 cm³/mol. The molecule has 28 heavy (non-hydrogen) atoms. The first-order chi connectivity index (χ1) is 13.5. The molecule has 0 spiro atoms. The lowest BCUT2D eigenvalue weighted by atomic mass is 10.1. The fraction of sp³-hybridized carbons (Fsp3) is 0.0455. The highest BCUT2D eigenvalue weighted by molar-refractivity contribution is 7.92. The van der Waals surface area contributed by atoms with Crippen molar-refractivity contribution in [2.24, 2.45) is 0 Å². The molecule has 3 aromatic rings. The second kappa shape index (κ2) is 8.42. The smallest absolute Gasteiger partial charge is 0.331 e. The van der Waals surface area contributed by atoms with Crippen molar-refractivity contribution in [3.63, 3.8) is 0 Å². The summed E-state index contributed by atoms with van der Waals surface area (Å²) in [5.74, 6) is 5.04. The Morgan fingerprint density at radius 3 is 2.57 bits per heavy atom. The molecule has 0 atom stereocenters. The summed E-state index contributed by atoms with van der Waals surface area (Å²) in [6.07, 6.45) is 2.58. The zero-order valence-corrected chi connectivity index (χ0v) is 15.9. The molecule has 0 fully saturated rings. The van der Waals surface area contributed by atoms with Crippen molar-refractivity contribution < 1.29 is 17.9 Å². The Kier molecular flexibility index (Phi) is 5.78. The van der Waals surface area contributed by atoms with Gasteiger partial charge in [0.05, 0.1) is 17.7 Å². The lowest BCUT2D eigenvalue weighted by Gasteiger charge is -2.09. The molecule has 0 saturated carbocycles. The molecule has 0 aromatic heterocycles. The van der Waals surface area contributed by atoms with Crippen LogP contribution in [-0.2, 0) is 19.6 Å². The van der Waals surface area contributed by atoms with Crippen molar-refractivity contribution in [1.29, 1.82) is 0 Å². The van der Waals surface area contributed by atoms with E-state index in [-0.39, 0.29) is 4.90 Å². The monoisotopic (exact) mass is 391 g/mol. The number of ether oxygens (including phenoxy) is 1. The number of hydrogen-bond acceptors (Lipinski definition) is 4. The van der Waals surface area contributed by atoms with Crippen molar-refractivity contribution in [3.05, 3.63) is 84.4 Å². The van der Waals surface area contributed by atoms with Crippen molar-refractivity contribution >= 4 is 32.5 Å². The minimum absolute atomic E-state index is 0.184. The van der Waals surface area contributed by atoms with Gasteiger partial charge in [-0.3, -0.25) is 4.72 Å². The van der Waals surface area contributed by atoms with Crippen molar-refractivity contribution in [2.75, 3.05) is 11.8 Å². The van der Waals surface area contributed by atoms with Gasteiger partial charge in [-0.25, -0.2) is 13.2 Å². The number of allylic oxidation sites excluding steroid dienone is 1. The molecule has 6 heteroatoms. The highest BCUT2D eigenvalue weighted by Gasteiger charge is 2.14. The Bertz CT molecular complexity index is 1220. The fourth-order valence-electron chi connectivity index (χ4n) is 2.51. The summed E-state index contributed by atoms with van der Waals surface area (Å²) in [7, 11) is -2.45. The van der Waals surface area contributed by atoms with E-state index in [1.165, 1.54) is 19.3 Å². The van der Waals surface area contributed by atoms with Crippen LogP contribution in [0.4, 0.5) is 5.69 Å². The maximum Gasteiger partial charge on any atom is 0.331 e. The normalized spacial score (nSPS) is 11.0. The first-order valence-corrected chi connectivity index (χ1v) is 9.84. The standard InChI is InChI=1S/C22H17NO4S/c1-27-22(24)12-5-2-7-17-8-6-11-20(15-17)23-28(25,26)21-14-13-18-9-3-4-10-19(18)16-21/h3-6,8-16,23H,1H3/b12-5+. The van der Waals surface area contributed by atoms with Gasteiger partial charge in [-0.1, -0.05) is 48.2 Å². The number of hydrogen-bond donors (Lipinski definition) is 1. The van der Waals surface area contributed by atoms with Crippen molar-refractivity contribution in [1.82, 2.24) is 0 Å². The number of esters is 1. The number of fused-ring (bicyclic) bond motifs is 1. The van der Waals surface area contributed by atoms with E-state index in [0.717, 1.165) is 10.8 Å². The molecule has 140 valence electrons. The van der Waals surface area contributed by atoms with Gasteiger partial charge in [0.15, 0.2) is 0 Å². The summed E-state index contributed by atoms with van der Waals surface area (Å²) in [6.45, 7) is 0. The lowest BCUT2D eigenvalue weighted by molar-refractivity contribution is -0.134. The molecule has 0 unspecified atom stereocenters. The van der Waals surface area contributed by atoms with Gasteiger partial charge >= 0.3 is 5.97 Å². The number of benzene rings is 3. The van der Waals surface area contributed by atoms with Crippen LogP contribution < -0.4 is 4.72 Å².